The third kappa shape index (κ3) is 4.83. The number of nitrogens with one attached hydrogen (secondary N) is 2. The van der Waals surface area contributed by atoms with E-state index >= 15 is 0 Å². The highest BCUT2D eigenvalue weighted by molar-refractivity contribution is 7.16. The van der Waals surface area contributed by atoms with E-state index in [0.29, 0.717) is 0 Å². The summed E-state index contributed by atoms with van der Waals surface area (Å²) in [5.41, 5.74) is 2.02. The maximum atomic E-state index is 12.9. The van der Waals surface area contributed by atoms with E-state index in [-0.39, 0.29) is 11.4 Å². The number of amides is 2. The number of ether oxygens (including phenoxy) is 1. The van der Waals surface area contributed by atoms with Crippen molar-refractivity contribution in [2.24, 2.45) is 0 Å². The van der Waals surface area contributed by atoms with Crippen LogP contribution in [0.25, 0.3) is 10.8 Å². The first kappa shape index (κ1) is 20.8. The van der Waals surface area contributed by atoms with Crippen LogP contribution in [0.3, 0.4) is 0 Å². The summed E-state index contributed by atoms with van der Waals surface area (Å²) in [5, 5.41) is 9.21. The van der Waals surface area contributed by atoms with Crippen LogP contribution in [-0.4, -0.2) is 37.2 Å². The number of rotatable bonds is 4. The van der Waals surface area contributed by atoms with Crippen LogP contribution in [0.1, 0.15) is 31.2 Å². The van der Waals surface area contributed by atoms with Crippen molar-refractivity contribution in [2.75, 3.05) is 36.9 Å². The van der Waals surface area contributed by atoms with Crippen LogP contribution >= 0.6 is 11.3 Å². The predicted octanol–water partition coefficient (Wildman–Crippen LogP) is 5.68. The van der Waals surface area contributed by atoms with Crippen molar-refractivity contribution in [1.82, 2.24) is 4.90 Å². The van der Waals surface area contributed by atoms with E-state index in [0.717, 1.165) is 54.3 Å². The fraction of sp³-hybridized carbons (Fsp3) is 0.375. The average Bonchev–Trinajstić information content (AvgIpc) is 3.12. The molecule has 2 aromatic carbocycles. The zero-order chi connectivity index (χ0) is 21.1. The van der Waals surface area contributed by atoms with Crippen molar-refractivity contribution in [1.29, 1.82) is 0 Å². The smallest absolute Gasteiger partial charge is 0.324 e. The molecule has 1 saturated heterocycles. The van der Waals surface area contributed by atoms with E-state index in [2.05, 4.69) is 42.4 Å². The SMILES string of the molecule is CC(C)(C)c1cc(CN2CCOCC2)c(NC(=O)Nc2cccc3ccccc23)s1. The molecule has 158 valence electrons. The number of hydrogen-bond donors (Lipinski definition) is 2. The molecule has 0 bridgehead atoms. The second-order valence-corrected chi connectivity index (χ2v) is 9.76. The lowest BCUT2D eigenvalue weighted by atomic mass is 9.94. The molecule has 5 nitrogen and oxygen atoms in total. The van der Waals surface area contributed by atoms with Gasteiger partial charge in [0, 0.05) is 35.5 Å². The van der Waals surface area contributed by atoms with Crippen LogP contribution in [0.4, 0.5) is 15.5 Å². The molecule has 1 fully saturated rings. The Labute approximate surface area is 182 Å². The van der Waals surface area contributed by atoms with Gasteiger partial charge in [0.2, 0.25) is 0 Å². The minimum atomic E-state index is -0.211. The van der Waals surface area contributed by atoms with Crippen molar-refractivity contribution in [3.63, 3.8) is 0 Å². The first-order chi connectivity index (χ1) is 14.4. The van der Waals surface area contributed by atoms with Crippen molar-refractivity contribution in [3.05, 3.63) is 59.0 Å². The minimum absolute atomic E-state index is 0.0382. The lowest BCUT2D eigenvalue weighted by Crippen LogP contribution is -2.35. The molecule has 0 unspecified atom stereocenters. The zero-order valence-electron chi connectivity index (χ0n) is 17.8. The van der Waals surface area contributed by atoms with Crippen LogP contribution in [0.5, 0.6) is 0 Å². The van der Waals surface area contributed by atoms with E-state index in [1.165, 1.54) is 10.4 Å². The number of carbonyl (C=O) groups excluding carboxylic acids is 1. The van der Waals surface area contributed by atoms with Gasteiger partial charge in [0.05, 0.1) is 18.9 Å². The molecule has 0 spiro atoms. The van der Waals surface area contributed by atoms with E-state index in [9.17, 15) is 4.79 Å². The molecule has 0 atom stereocenters. The second-order valence-electron chi connectivity index (χ2n) is 8.71. The Kier molecular flexibility index (Phi) is 6.09. The molecule has 0 radical (unpaired) electrons. The highest BCUT2D eigenvalue weighted by Crippen LogP contribution is 2.37. The Morgan fingerprint density at radius 1 is 1.07 bits per heavy atom. The Morgan fingerprint density at radius 3 is 2.57 bits per heavy atom. The molecule has 30 heavy (non-hydrogen) atoms. The van der Waals surface area contributed by atoms with Crippen LogP contribution in [-0.2, 0) is 16.7 Å². The van der Waals surface area contributed by atoms with Crippen LogP contribution in [0.15, 0.2) is 48.5 Å². The number of urea groups is 1. The Morgan fingerprint density at radius 2 is 1.80 bits per heavy atom. The standard InChI is InChI=1S/C24H29N3O2S/c1-24(2,3)21-15-18(16-27-11-13-29-14-12-27)22(30-21)26-23(28)25-20-10-6-8-17-7-4-5-9-19(17)20/h4-10,15H,11-14,16H2,1-3H3,(H2,25,26,28). The summed E-state index contributed by atoms with van der Waals surface area (Å²) in [6.45, 7) is 10.8. The summed E-state index contributed by atoms with van der Waals surface area (Å²) in [6, 6.07) is 16.0. The summed E-state index contributed by atoms with van der Waals surface area (Å²) >= 11 is 1.67. The first-order valence-electron chi connectivity index (χ1n) is 10.4. The van der Waals surface area contributed by atoms with Gasteiger partial charge in [0.15, 0.2) is 0 Å². The van der Waals surface area contributed by atoms with E-state index in [4.69, 9.17) is 4.74 Å². The van der Waals surface area contributed by atoms with E-state index < -0.39 is 0 Å². The van der Waals surface area contributed by atoms with Gasteiger partial charge in [0.1, 0.15) is 5.00 Å². The molecule has 0 aliphatic carbocycles. The molecule has 2 amide bonds. The molecule has 2 N–H and O–H groups in total. The van der Waals surface area contributed by atoms with Gasteiger partial charge in [-0.2, -0.15) is 0 Å². The zero-order valence-corrected chi connectivity index (χ0v) is 18.6. The highest BCUT2D eigenvalue weighted by Gasteiger charge is 2.22. The molecular formula is C24H29N3O2S. The molecule has 1 aliphatic rings. The third-order valence-corrected chi connectivity index (χ3v) is 6.83. The van der Waals surface area contributed by atoms with Crippen molar-refractivity contribution < 1.29 is 9.53 Å². The van der Waals surface area contributed by atoms with Crippen LogP contribution in [0.2, 0.25) is 0 Å². The molecule has 0 saturated carbocycles. The fourth-order valence-electron chi connectivity index (χ4n) is 3.61. The quantitative estimate of drug-likeness (QED) is 0.568. The number of nitrogens with zero attached hydrogens (tertiary/aromatic N) is 1. The van der Waals surface area contributed by atoms with Gasteiger partial charge in [0.25, 0.3) is 0 Å². The van der Waals surface area contributed by atoms with Crippen molar-refractivity contribution >= 4 is 38.8 Å². The van der Waals surface area contributed by atoms with Crippen LogP contribution in [0, 0.1) is 0 Å². The van der Waals surface area contributed by atoms with E-state index in [1.807, 2.05) is 42.5 Å². The summed E-state index contributed by atoms with van der Waals surface area (Å²) in [7, 11) is 0. The van der Waals surface area contributed by atoms with Gasteiger partial charge in [-0.1, -0.05) is 57.2 Å². The third-order valence-electron chi connectivity index (χ3n) is 5.31. The number of thiophene rings is 1. The largest absolute Gasteiger partial charge is 0.379 e. The summed E-state index contributed by atoms with van der Waals surface area (Å²) in [4.78, 5) is 16.5. The molecule has 1 aromatic heterocycles. The predicted molar refractivity (Wildman–Crippen MR) is 126 cm³/mol. The molecule has 4 rings (SSSR count). The number of fused-ring (bicyclic) bond motifs is 1. The highest BCUT2D eigenvalue weighted by atomic mass is 32.1. The summed E-state index contributed by atoms with van der Waals surface area (Å²) in [6.07, 6.45) is 0. The Balaban J connectivity index is 1.54. The first-order valence-corrected chi connectivity index (χ1v) is 11.2. The van der Waals surface area contributed by atoms with Crippen molar-refractivity contribution in [3.8, 4) is 0 Å². The average molecular weight is 424 g/mol. The monoisotopic (exact) mass is 423 g/mol. The van der Waals surface area contributed by atoms with Crippen LogP contribution < -0.4 is 10.6 Å². The van der Waals surface area contributed by atoms with E-state index in [1.54, 1.807) is 11.3 Å². The van der Waals surface area contributed by atoms with Gasteiger partial charge in [-0.25, -0.2) is 4.79 Å². The molecular weight excluding hydrogens is 394 g/mol. The summed E-state index contributed by atoms with van der Waals surface area (Å²) < 4.78 is 5.47. The maximum absolute atomic E-state index is 12.9. The van der Waals surface area contributed by atoms with Gasteiger partial charge in [-0.3, -0.25) is 10.2 Å². The summed E-state index contributed by atoms with van der Waals surface area (Å²) in [5.74, 6) is 0. The van der Waals surface area contributed by atoms with Gasteiger partial charge < -0.3 is 10.1 Å². The topological polar surface area (TPSA) is 53.6 Å². The molecule has 2 heterocycles. The number of morpholine rings is 1. The van der Waals surface area contributed by atoms with Crippen molar-refractivity contribution in [2.45, 2.75) is 32.7 Å². The Bertz CT molecular complexity index is 1030. The number of hydrogen-bond acceptors (Lipinski definition) is 4. The number of carbonyl (C=O) groups is 1. The lowest BCUT2D eigenvalue weighted by Gasteiger charge is -2.26. The molecule has 1 aliphatic heterocycles. The fourth-order valence-corrected chi connectivity index (χ4v) is 4.74. The lowest BCUT2D eigenvalue weighted by molar-refractivity contribution is 0.0343. The normalized spacial score (nSPS) is 15.3. The molecule has 3 aromatic rings. The minimum Gasteiger partial charge on any atom is -0.379 e. The van der Waals surface area contributed by atoms with Gasteiger partial charge >= 0.3 is 6.03 Å². The van der Waals surface area contributed by atoms with Gasteiger partial charge in [-0.15, -0.1) is 11.3 Å². The molecule has 6 heteroatoms. The number of anilines is 2. The second kappa shape index (κ2) is 8.76. The number of benzene rings is 2. The Hall–Kier alpha value is -2.41. The van der Waals surface area contributed by atoms with Gasteiger partial charge in [-0.05, 0) is 22.9 Å². The maximum Gasteiger partial charge on any atom is 0.324 e.